The fourth-order valence-corrected chi connectivity index (χ4v) is 2.36. The summed E-state index contributed by atoms with van der Waals surface area (Å²) < 4.78 is 12.5. The van der Waals surface area contributed by atoms with Crippen LogP contribution in [-0.2, 0) is 17.9 Å². The third-order valence-corrected chi connectivity index (χ3v) is 3.64. The number of methoxy groups -OCH3 is 1. The summed E-state index contributed by atoms with van der Waals surface area (Å²) in [6.07, 6.45) is 2.40. The molecule has 0 saturated carbocycles. The molecule has 2 rings (SSSR count). The highest BCUT2D eigenvalue weighted by atomic mass is 16.5. The van der Waals surface area contributed by atoms with Gasteiger partial charge in [-0.1, -0.05) is 37.3 Å². The molecule has 0 bridgehead atoms. The van der Waals surface area contributed by atoms with E-state index in [0.29, 0.717) is 19.7 Å². The number of ether oxygens (including phenoxy) is 2. The van der Waals surface area contributed by atoms with Gasteiger partial charge in [-0.25, -0.2) is 0 Å². The summed E-state index contributed by atoms with van der Waals surface area (Å²) in [5.41, 5.74) is 0.842. The number of aromatic nitrogens is 1. The fourth-order valence-electron chi connectivity index (χ4n) is 2.36. The summed E-state index contributed by atoms with van der Waals surface area (Å²) in [6, 6.07) is 10.9. The van der Waals surface area contributed by atoms with E-state index in [4.69, 9.17) is 9.47 Å². The van der Waals surface area contributed by atoms with Crippen molar-refractivity contribution in [2.75, 3.05) is 20.3 Å². The second kappa shape index (κ2) is 9.64. The van der Waals surface area contributed by atoms with Crippen LogP contribution in [0, 0.1) is 0 Å². The van der Waals surface area contributed by atoms with Crippen LogP contribution in [0.1, 0.15) is 29.4 Å². The first-order valence-electron chi connectivity index (χ1n) is 8.34. The Balaban J connectivity index is 2.33. The van der Waals surface area contributed by atoms with Gasteiger partial charge in [0.15, 0.2) is 11.4 Å². The van der Waals surface area contributed by atoms with Crippen LogP contribution in [0.4, 0.5) is 0 Å². The Morgan fingerprint density at radius 3 is 2.64 bits per heavy atom. The van der Waals surface area contributed by atoms with Gasteiger partial charge in [0.05, 0.1) is 6.61 Å². The fraction of sp³-hybridized carbons (Fsp3) is 0.368. The molecule has 0 unspecified atom stereocenters. The smallest absolute Gasteiger partial charge is 0.271 e. The normalized spacial score (nSPS) is 10.5. The molecule has 1 aromatic heterocycles. The Bertz CT molecular complexity index is 741. The number of carbonyl (C=O) groups is 1. The molecular formula is C19H24N2O4. The Morgan fingerprint density at radius 1 is 1.20 bits per heavy atom. The lowest BCUT2D eigenvalue weighted by atomic mass is 10.2. The largest absolute Gasteiger partial charge is 0.483 e. The minimum Gasteiger partial charge on any atom is -0.483 e. The maximum absolute atomic E-state index is 12.6. The van der Waals surface area contributed by atoms with Crippen molar-refractivity contribution in [3.05, 3.63) is 64.1 Å². The van der Waals surface area contributed by atoms with Crippen LogP contribution in [0.3, 0.4) is 0 Å². The molecule has 1 aromatic carbocycles. The van der Waals surface area contributed by atoms with E-state index in [-0.39, 0.29) is 29.4 Å². The van der Waals surface area contributed by atoms with Crippen LogP contribution in [-0.4, -0.2) is 30.7 Å². The molecule has 25 heavy (non-hydrogen) atoms. The quantitative estimate of drug-likeness (QED) is 0.757. The molecule has 0 spiro atoms. The minimum absolute atomic E-state index is 0.0658. The molecule has 1 heterocycles. The maximum atomic E-state index is 12.6. The summed E-state index contributed by atoms with van der Waals surface area (Å²) in [7, 11) is 1.59. The molecule has 2 aromatic rings. The van der Waals surface area contributed by atoms with Gasteiger partial charge in [0, 0.05) is 32.5 Å². The molecule has 6 heteroatoms. The van der Waals surface area contributed by atoms with Gasteiger partial charge in [-0.3, -0.25) is 9.59 Å². The summed E-state index contributed by atoms with van der Waals surface area (Å²) in [6.45, 7) is 3.60. The maximum Gasteiger partial charge on any atom is 0.271 e. The minimum atomic E-state index is -0.321. The number of carbonyl (C=O) groups excluding carboxylic acids is 1. The van der Waals surface area contributed by atoms with E-state index in [1.54, 1.807) is 17.9 Å². The monoisotopic (exact) mass is 344 g/mol. The Hall–Kier alpha value is -2.60. The third-order valence-electron chi connectivity index (χ3n) is 3.64. The Labute approximate surface area is 147 Å². The number of rotatable bonds is 9. The Morgan fingerprint density at radius 2 is 1.96 bits per heavy atom. The van der Waals surface area contributed by atoms with E-state index < -0.39 is 0 Å². The molecule has 1 amide bonds. The molecule has 134 valence electrons. The average Bonchev–Trinajstić information content (AvgIpc) is 2.64. The summed E-state index contributed by atoms with van der Waals surface area (Å²) >= 11 is 0. The van der Waals surface area contributed by atoms with Gasteiger partial charge in [0.25, 0.3) is 5.91 Å². The average molecular weight is 344 g/mol. The van der Waals surface area contributed by atoms with Crippen LogP contribution in [0.5, 0.6) is 5.75 Å². The predicted molar refractivity (Wildman–Crippen MR) is 96.0 cm³/mol. The molecule has 0 aliphatic heterocycles. The number of pyridine rings is 1. The molecule has 0 radical (unpaired) electrons. The molecule has 0 atom stereocenters. The number of amides is 1. The van der Waals surface area contributed by atoms with Crippen molar-refractivity contribution in [1.82, 2.24) is 9.88 Å². The van der Waals surface area contributed by atoms with Gasteiger partial charge in [0.2, 0.25) is 5.43 Å². The van der Waals surface area contributed by atoms with E-state index in [2.05, 4.69) is 5.32 Å². The van der Waals surface area contributed by atoms with Gasteiger partial charge < -0.3 is 19.4 Å². The van der Waals surface area contributed by atoms with Crippen molar-refractivity contribution >= 4 is 5.91 Å². The van der Waals surface area contributed by atoms with Crippen molar-refractivity contribution in [2.24, 2.45) is 0 Å². The van der Waals surface area contributed by atoms with E-state index in [1.807, 2.05) is 37.3 Å². The van der Waals surface area contributed by atoms with Gasteiger partial charge in [0.1, 0.15) is 6.61 Å². The zero-order valence-electron chi connectivity index (χ0n) is 14.7. The molecule has 1 N–H and O–H groups in total. The number of nitrogens with zero attached hydrogens (tertiary/aromatic N) is 1. The van der Waals surface area contributed by atoms with Gasteiger partial charge in [-0.15, -0.1) is 0 Å². The second-order valence-corrected chi connectivity index (χ2v) is 5.57. The molecule has 0 aliphatic carbocycles. The van der Waals surface area contributed by atoms with Crippen LogP contribution in [0.15, 0.2) is 47.4 Å². The zero-order chi connectivity index (χ0) is 18.1. The van der Waals surface area contributed by atoms with Crippen molar-refractivity contribution in [1.29, 1.82) is 0 Å². The van der Waals surface area contributed by atoms with Crippen LogP contribution < -0.4 is 15.5 Å². The van der Waals surface area contributed by atoms with E-state index >= 15 is 0 Å². The van der Waals surface area contributed by atoms with Crippen molar-refractivity contribution in [3.63, 3.8) is 0 Å². The molecular weight excluding hydrogens is 320 g/mol. The lowest BCUT2D eigenvalue weighted by molar-refractivity contribution is 0.0934. The molecule has 0 fully saturated rings. The van der Waals surface area contributed by atoms with Crippen LogP contribution >= 0.6 is 0 Å². The summed E-state index contributed by atoms with van der Waals surface area (Å²) in [4.78, 5) is 24.9. The predicted octanol–water partition coefficient (Wildman–Crippen LogP) is 2.21. The number of hydrogen-bond donors (Lipinski definition) is 1. The first-order chi connectivity index (χ1) is 12.2. The van der Waals surface area contributed by atoms with Gasteiger partial charge in [-0.05, 0) is 12.0 Å². The van der Waals surface area contributed by atoms with E-state index in [0.717, 1.165) is 12.0 Å². The first-order valence-corrected chi connectivity index (χ1v) is 8.34. The topological polar surface area (TPSA) is 69.6 Å². The highest BCUT2D eigenvalue weighted by Gasteiger charge is 2.20. The van der Waals surface area contributed by atoms with E-state index in [1.165, 1.54) is 6.07 Å². The van der Waals surface area contributed by atoms with Gasteiger partial charge >= 0.3 is 0 Å². The number of benzene rings is 1. The number of nitrogens with one attached hydrogen (secondary N) is 1. The zero-order valence-corrected chi connectivity index (χ0v) is 14.7. The van der Waals surface area contributed by atoms with Crippen LogP contribution in [0.25, 0.3) is 0 Å². The highest BCUT2D eigenvalue weighted by Crippen LogP contribution is 2.16. The molecule has 0 aliphatic rings. The highest BCUT2D eigenvalue weighted by molar-refractivity contribution is 5.95. The standard InChI is InChI=1S/C19H24N2O4/c1-3-10-20-19(23)17-18(25-14-15-7-5-4-6-8-15)16(22)9-11-21(17)12-13-24-2/h4-9,11H,3,10,12-14H2,1-2H3,(H,20,23). The van der Waals surface area contributed by atoms with Crippen molar-refractivity contribution in [2.45, 2.75) is 26.5 Å². The van der Waals surface area contributed by atoms with Crippen molar-refractivity contribution in [3.8, 4) is 5.75 Å². The molecule has 6 nitrogen and oxygen atoms in total. The summed E-state index contributed by atoms with van der Waals surface area (Å²) in [5.74, 6) is -0.255. The third kappa shape index (κ3) is 5.19. The first kappa shape index (κ1) is 18.7. The van der Waals surface area contributed by atoms with E-state index in [9.17, 15) is 9.59 Å². The van der Waals surface area contributed by atoms with Crippen LogP contribution in [0.2, 0.25) is 0 Å². The SMILES string of the molecule is CCCNC(=O)c1c(OCc2ccccc2)c(=O)ccn1CCOC. The number of hydrogen-bond acceptors (Lipinski definition) is 4. The lowest BCUT2D eigenvalue weighted by Gasteiger charge is -2.17. The second-order valence-electron chi connectivity index (χ2n) is 5.57. The Kier molecular flexibility index (Phi) is 7.22. The molecule has 0 saturated heterocycles. The summed E-state index contributed by atoms with van der Waals surface area (Å²) in [5, 5.41) is 2.81. The van der Waals surface area contributed by atoms with Crippen molar-refractivity contribution < 1.29 is 14.3 Å². The lowest BCUT2D eigenvalue weighted by Crippen LogP contribution is -2.31. The van der Waals surface area contributed by atoms with Gasteiger partial charge in [-0.2, -0.15) is 0 Å².